The molecule has 2 aromatic heterocycles. The van der Waals surface area contributed by atoms with E-state index in [0.29, 0.717) is 11.4 Å². The zero-order valence-corrected chi connectivity index (χ0v) is 13.9. The monoisotopic (exact) mass is 304 g/mol. The topological polar surface area (TPSA) is 49.8 Å². The van der Waals surface area contributed by atoms with E-state index >= 15 is 0 Å². The number of nitrogens with one attached hydrogen (secondary N) is 2. The molecule has 21 heavy (non-hydrogen) atoms. The molecule has 5 heteroatoms. The van der Waals surface area contributed by atoms with E-state index in [0.717, 1.165) is 22.6 Å². The lowest BCUT2D eigenvalue weighted by Crippen LogP contribution is -2.29. The quantitative estimate of drug-likeness (QED) is 0.877. The van der Waals surface area contributed by atoms with Crippen molar-refractivity contribution in [1.82, 2.24) is 9.97 Å². The minimum atomic E-state index is 0.403. The largest absolute Gasteiger partial charge is 0.369 e. The molecular weight excluding hydrogens is 280 g/mol. The molecule has 2 heterocycles. The van der Waals surface area contributed by atoms with Crippen molar-refractivity contribution in [2.45, 2.75) is 46.0 Å². The summed E-state index contributed by atoms with van der Waals surface area (Å²) in [6.07, 6.45) is 6.74. The molecule has 0 bridgehead atoms. The van der Waals surface area contributed by atoms with Crippen LogP contribution in [0.25, 0.3) is 10.2 Å². The summed E-state index contributed by atoms with van der Waals surface area (Å²) in [5, 5.41) is 7.81. The number of thiophene rings is 1. The molecule has 0 aliphatic heterocycles. The first-order valence-electron chi connectivity index (χ1n) is 7.79. The van der Waals surface area contributed by atoms with Gasteiger partial charge in [0.2, 0.25) is 5.95 Å². The van der Waals surface area contributed by atoms with Crippen molar-refractivity contribution in [3.63, 3.8) is 0 Å². The molecule has 2 N–H and O–H groups in total. The van der Waals surface area contributed by atoms with Crippen molar-refractivity contribution in [3.8, 4) is 0 Å². The van der Waals surface area contributed by atoms with Gasteiger partial charge in [0.25, 0.3) is 0 Å². The minimum absolute atomic E-state index is 0.403. The number of hydrogen-bond donors (Lipinski definition) is 2. The molecule has 3 rings (SSSR count). The van der Waals surface area contributed by atoms with Gasteiger partial charge in [0.15, 0.2) is 0 Å². The normalized spacial score (nSPS) is 17.9. The molecule has 1 saturated carbocycles. The zero-order chi connectivity index (χ0) is 14.9. The number of hydrogen-bond acceptors (Lipinski definition) is 5. The Morgan fingerprint density at radius 1 is 1.24 bits per heavy atom. The molecular formula is C16H24N4S. The SMILES string of the molecule is CNc1nc(NCC2(C)CCCCC2)c2cc(C)sc2n1. The van der Waals surface area contributed by atoms with Crippen molar-refractivity contribution >= 4 is 33.3 Å². The first kappa shape index (κ1) is 14.6. The number of anilines is 2. The molecule has 0 unspecified atom stereocenters. The van der Waals surface area contributed by atoms with Crippen molar-refractivity contribution < 1.29 is 0 Å². The van der Waals surface area contributed by atoms with E-state index in [4.69, 9.17) is 0 Å². The maximum absolute atomic E-state index is 4.62. The fourth-order valence-electron chi connectivity index (χ4n) is 3.17. The average Bonchev–Trinajstić information content (AvgIpc) is 2.85. The molecule has 2 aromatic rings. The maximum Gasteiger partial charge on any atom is 0.225 e. The highest BCUT2D eigenvalue weighted by atomic mass is 32.1. The highest BCUT2D eigenvalue weighted by molar-refractivity contribution is 7.18. The van der Waals surface area contributed by atoms with Gasteiger partial charge in [0.05, 0.1) is 5.39 Å². The lowest BCUT2D eigenvalue weighted by atomic mass is 9.76. The van der Waals surface area contributed by atoms with E-state index in [-0.39, 0.29) is 0 Å². The second-order valence-corrected chi connectivity index (χ2v) is 7.68. The van der Waals surface area contributed by atoms with E-state index in [2.05, 4.69) is 40.5 Å². The highest BCUT2D eigenvalue weighted by Gasteiger charge is 2.27. The molecule has 1 aliphatic carbocycles. The van der Waals surface area contributed by atoms with Gasteiger partial charge in [0, 0.05) is 18.5 Å². The Bertz CT molecular complexity index is 628. The average molecular weight is 304 g/mol. The van der Waals surface area contributed by atoms with Gasteiger partial charge in [-0.3, -0.25) is 0 Å². The summed E-state index contributed by atoms with van der Waals surface area (Å²) < 4.78 is 0. The number of rotatable bonds is 4. The van der Waals surface area contributed by atoms with Crippen LogP contribution in [0, 0.1) is 12.3 Å². The number of aryl methyl sites for hydroxylation is 1. The van der Waals surface area contributed by atoms with Crippen molar-refractivity contribution in [2.75, 3.05) is 24.2 Å². The molecule has 114 valence electrons. The summed E-state index contributed by atoms with van der Waals surface area (Å²) >= 11 is 1.73. The van der Waals surface area contributed by atoms with Crippen LogP contribution >= 0.6 is 11.3 Å². The van der Waals surface area contributed by atoms with Gasteiger partial charge >= 0.3 is 0 Å². The molecule has 4 nitrogen and oxygen atoms in total. The fraction of sp³-hybridized carbons (Fsp3) is 0.625. The predicted molar refractivity (Wildman–Crippen MR) is 91.4 cm³/mol. The van der Waals surface area contributed by atoms with Crippen LogP contribution in [0.5, 0.6) is 0 Å². The molecule has 0 radical (unpaired) electrons. The van der Waals surface area contributed by atoms with E-state index in [9.17, 15) is 0 Å². The van der Waals surface area contributed by atoms with E-state index in [1.54, 1.807) is 11.3 Å². The first-order chi connectivity index (χ1) is 10.1. The van der Waals surface area contributed by atoms with Gasteiger partial charge in [-0.25, -0.2) is 4.98 Å². The Morgan fingerprint density at radius 2 is 2.00 bits per heavy atom. The molecule has 0 saturated heterocycles. The Kier molecular flexibility index (Phi) is 4.02. The first-order valence-corrected chi connectivity index (χ1v) is 8.61. The molecule has 0 spiro atoms. The molecule has 0 aromatic carbocycles. The summed E-state index contributed by atoms with van der Waals surface area (Å²) in [6, 6.07) is 2.19. The third kappa shape index (κ3) is 3.12. The van der Waals surface area contributed by atoms with Crippen molar-refractivity contribution in [1.29, 1.82) is 0 Å². The molecule has 1 fully saturated rings. The van der Waals surface area contributed by atoms with Gasteiger partial charge in [-0.1, -0.05) is 26.2 Å². The fourth-order valence-corrected chi connectivity index (χ4v) is 4.05. The third-order valence-corrected chi connectivity index (χ3v) is 5.43. The molecule has 1 aliphatic rings. The van der Waals surface area contributed by atoms with Gasteiger partial charge in [0.1, 0.15) is 10.6 Å². The summed E-state index contributed by atoms with van der Waals surface area (Å²) in [6.45, 7) is 5.52. The third-order valence-electron chi connectivity index (χ3n) is 4.48. The lowest BCUT2D eigenvalue weighted by Gasteiger charge is -2.33. The van der Waals surface area contributed by atoms with Gasteiger partial charge in [-0.2, -0.15) is 4.98 Å². The van der Waals surface area contributed by atoms with Crippen LogP contribution in [0.1, 0.15) is 43.9 Å². The van der Waals surface area contributed by atoms with Crippen LogP contribution in [0.4, 0.5) is 11.8 Å². The Hall–Kier alpha value is -1.36. The van der Waals surface area contributed by atoms with Crippen LogP contribution in [-0.4, -0.2) is 23.6 Å². The zero-order valence-electron chi connectivity index (χ0n) is 13.1. The summed E-state index contributed by atoms with van der Waals surface area (Å²) in [4.78, 5) is 11.5. The van der Waals surface area contributed by atoms with Crippen molar-refractivity contribution in [3.05, 3.63) is 10.9 Å². The number of fused-ring (bicyclic) bond motifs is 1. The minimum Gasteiger partial charge on any atom is -0.369 e. The van der Waals surface area contributed by atoms with Crippen LogP contribution in [0.2, 0.25) is 0 Å². The Morgan fingerprint density at radius 3 is 2.71 bits per heavy atom. The van der Waals surface area contributed by atoms with E-state index in [1.165, 1.54) is 37.0 Å². The number of nitrogens with zero attached hydrogens (tertiary/aromatic N) is 2. The van der Waals surface area contributed by atoms with Crippen LogP contribution < -0.4 is 10.6 Å². The van der Waals surface area contributed by atoms with Gasteiger partial charge in [-0.15, -0.1) is 11.3 Å². The second-order valence-electron chi connectivity index (χ2n) is 6.45. The van der Waals surface area contributed by atoms with Gasteiger partial charge < -0.3 is 10.6 Å². The second kappa shape index (κ2) is 5.79. The Labute approximate surface area is 130 Å². The summed E-state index contributed by atoms with van der Waals surface area (Å²) in [5.74, 6) is 1.67. The summed E-state index contributed by atoms with van der Waals surface area (Å²) in [5.41, 5.74) is 0.403. The summed E-state index contributed by atoms with van der Waals surface area (Å²) in [7, 11) is 1.87. The predicted octanol–water partition coefficient (Wildman–Crippen LogP) is 4.42. The standard InChI is InChI=1S/C16H24N4S/c1-11-9-12-13(19-15(17-3)20-14(12)21-11)18-10-16(2)7-5-4-6-8-16/h9H,4-8,10H2,1-3H3,(H2,17,18,19,20). The van der Waals surface area contributed by atoms with Crippen LogP contribution in [0.15, 0.2) is 6.07 Å². The number of aromatic nitrogens is 2. The van der Waals surface area contributed by atoms with Gasteiger partial charge in [-0.05, 0) is 31.2 Å². The van der Waals surface area contributed by atoms with Crippen molar-refractivity contribution in [2.24, 2.45) is 5.41 Å². The Balaban J connectivity index is 1.85. The van der Waals surface area contributed by atoms with E-state index < -0.39 is 0 Å². The van der Waals surface area contributed by atoms with E-state index in [1.807, 2.05) is 7.05 Å². The lowest BCUT2D eigenvalue weighted by molar-refractivity contribution is 0.233. The molecule has 0 amide bonds. The molecule has 0 atom stereocenters. The highest BCUT2D eigenvalue weighted by Crippen LogP contribution is 2.36. The van der Waals surface area contributed by atoms with Crippen LogP contribution in [0.3, 0.4) is 0 Å². The smallest absolute Gasteiger partial charge is 0.225 e. The van der Waals surface area contributed by atoms with Crippen LogP contribution in [-0.2, 0) is 0 Å². The maximum atomic E-state index is 4.62.